The molecule has 0 heterocycles. The summed E-state index contributed by atoms with van der Waals surface area (Å²) < 4.78 is 32.6. The second-order valence-corrected chi connectivity index (χ2v) is 7.24. The van der Waals surface area contributed by atoms with Crippen molar-refractivity contribution in [2.75, 3.05) is 30.8 Å². The number of halogens is 1. The highest BCUT2D eigenvalue weighted by atomic mass is 35.5. The molecule has 6 nitrogen and oxygen atoms in total. The first-order chi connectivity index (χ1) is 11.3. The fourth-order valence-electron chi connectivity index (χ4n) is 2.16. The van der Waals surface area contributed by atoms with E-state index in [4.69, 9.17) is 11.6 Å². The minimum Gasteiger partial charge on any atom is -0.465 e. The Morgan fingerprint density at radius 1 is 1.17 bits per heavy atom. The van der Waals surface area contributed by atoms with Crippen molar-refractivity contribution in [1.82, 2.24) is 0 Å². The van der Waals surface area contributed by atoms with Gasteiger partial charge in [0, 0.05) is 19.1 Å². The van der Waals surface area contributed by atoms with Gasteiger partial charge in [0.2, 0.25) is 0 Å². The summed E-state index contributed by atoms with van der Waals surface area (Å²) in [6.45, 7) is 0. The van der Waals surface area contributed by atoms with Crippen LogP contribution >= 0.6 is 11.6 Å². The van der Waals surface area contributed by atoms with Gasteiger partial charge in [0.15, 0.2) is 0 Å². The van der Waals surface area contributed by atoms with Crippen LogP contribution in [0.25, 0.3) is 0 Å². The molecule has 0 atom stereocenters. The van der Waals surface area contributed by atoms with E-state index in [1.54, 1.807) is 37.2 Å². The second-order valence-electron chi connectivity index (χ2n) is 5.15. The minimum absolute atomic E-state index is 0.0408. The van der Waals surface area contributed by atoms with Gasteiger partial charge in [-0.05, 0) is 30.3 Å². The van der Waals surface area contributed by atoms with Crippen LogP contribution in [0.5, 0.6) is 0 Å². The molecule has 0 saturated heterocycles. The van der Waals surface area contributed by atoms with Gasteiger partial charge in [-0.2, -0.15) is 0 Å². The Balaban J connectivity index is 2.51. The molecule has 0 aromatic heterocycles. The van der Waals surface area contributed by atoms with Crippen molar-refractivity contribution >= 4 is 39.0 Å². The molecule has 1 N–H and O–H groups in total. The molecule has 0 radical (unpaired) electrons. The number of anilines is 2. The number of rotatable bonds is 5. The number of esters is 1. The van der Waals surface area contributed by atoms with Crippen molar-refractivity contribution in [3.63, 3.8) is 0 Å². The summed E-state index contributed by atoms with van der Waals surface area (Å²) in [7, 11) is 0.749. The van der Waals surface area contributed by atoms with Crippen molar-refractivity contribution in [2.24, 2.45) is 0 Å². The third-order valence-corrected chi connectivity index (χ3v) is 4.93. The number of sulfonamides is 1. The molecule has 2 rings (SSSR count). The first-order valence-corrected chi connectivity index (χ1v) is 8.79. The number of carbonyl (C=O) groups is 1. The van der Waals surface area contributed by atoms with Crippen LogP contribution in [0.3, 0.4) is 0 Å². The molecule has 8 heteroatoms. The van der Waals surface area contributed by atoms with Gasteiger partial charge in [-0.25, -0.2) is 13.2 Å². The van der Waals surface area contributed by atoms with Crippen molar-refractivity contribution in [2.45, 2.75) is 4.90 Å². The second kappa shape index (κ2) is 7.11. The Kier molecular flexibility index (Phi) is 5.36. The summed E-state index contributed by atoms with van der Waals surface area (Å²) in [4.78, 5) is 13.4. The van der Waals surface area contributed by atoms with Crippen LogP contribution in [0.4, 0.5) is 11.4 Å². The SMILES string of the molecule is COC(=O)c1ccccc1S(=O)(=O)Nc1cc(Cl)ccc1N(C)C. The van der Waals surface area contributed by atoms with Crippen molar-refractivity contribution in [1.29, 1.82) is 0 Å². The Hall–Kier alpha value is -2.25. The first-order valence-electron chi connectivity index (χ1n) is 6.93. The Bertz CT molecular complexity index is 866. The number of nitrogens with one attached hydrogen (secondary N) is 1. The lowest BCUT2D eigenvalue weighted by molar-refractivity contribution is 0.0596. The quantitative estimate of drug-likeness (QED) is 0.821. The van der Waals surface area contributed by atoms with E-state index in [1.807, 2.05) is 0 Å². The van der Waals surface area contributed by atoms with Crippen LogP contribution in [0.1, 0.15) is 10.4 Å². The van der Waals surface area contributed by atoms with Gasteiger partial charge in [0.05, 0.1) is 24.0 Å². The van der Waals surface area contributed by atoms with E-state index in [0.29, 0.717) is 16.4 Å². The van der Waals surface area contributed by atoms with E-state index in [0.717, 1.165) is 0 Å². The predicted octanol–water partition coefficient (Wildman–Crippen LogP) is 2.99. The molecule has 128 valence electrons. The smallest absolute Gasteiger partial charge is 0.339 e. The van der Waals surface area contributed by atoms with Gasteiger partial charge in [-0.1, -0.05) is 23.7 Å². The lowest BCUT2D eigenvalue weighted by atomic mass is 10.2. The molecule has 0 fully saturated rings. The van der Waals surface area contributed by atoms with Crippen LogP contribution in [-0.2, 0) is 14.8 Å². The third kappa shape index (κ3) is 3.80. The van der Waals surface area contributed by atoms with Crippen molar-refractivity contribution in [3.8, 4) is 0 Å². The summed E-state index contributed by atoms with van der Waals surface area (Å²) in [5, 5.41) is 0.388. The average Bonchev–Trinajstić information content (AvgIpc) is 2.53. The van der Waals surface area contributed by atoms with Crippen LogP contribution in [0, 0.1) is 0 Å². The van der Waals surface area contributed by atoms with Gasteiger partial charge < -0.3 is 9.64 Å². The number of ether oxygens (including phenoxy) is 1. The molecule has 0 unspecified atom stereocenters. The monoisotopic (exact) mass is 368 g/mol. The summed E-state index contributed by atoms with van der Waals surface area (Å²) in [6, 6.07) is 10.7. The van der Waals surface area contributed by atoms with Gasteiger partial charge in [-0.3, -0.25) is 4.72 Å². The maximum absolute atomic E-state index is 12.7. The number of carbonyl (C=O) groups excluding carboxylic acids is 1. The Morgan fingerprint density at radius 2 is 1.83 bits per heavy atom. The number of methoxy groups -OCH3 is 1. The fraction of sp³-hybridized carbons (Fsp3) is 0.188. The van der Waals surface area contributed by atoms with E-state index in [2.05, 4.69) is 9.46 Å². The molecule has 0 bridgehead atoms. The molecule has 0 aliphatic rings. The molecule has 2 aromatic carbocycles. The largest absolute Gasteiger partial charge is 0.465 e. The van der Waals surface area contributed by atoms with Crippen LogP contribution in [-0.4, -0.2) is 35.6 Å². The summed E-state index contributed by atoms with van der Waals surface area (Å²) >= 11 is 5.97. The van der Waals surface area contributed by atoms with Gasteiger partial charge in [0.25, 0.3) is 10.0 Å². The highest BCUT2D eigenvalue weighted by Crippen LogP contribution is 2.30. The third-order valence-electron chi connectivity index (χ3n) is 3.27. The van der Waals surface area contributed by atoms with Gasteiger partial charge in [-0.15, -0.1) is 0 Å². The van der Waals surface area contributed by atoms with Gasteiger partial charge in [0.1, 0.15) is 4.90 Å². The van der Waals surface area contributed by atoms with Crippen LogP contribution in [0.15, 0.2) is 47.4 Å². The average molecular weight is 369 g/mol. The zero-order chi connectivity index (χ0) is 17.9. The minimum atomic E-state index is -4.01. The van der Waals surface area contributed by atoms with E-state index in [9.17, 15) is 13.2 Å². The molecule has 24 heavy (non-hydrogen) atoms. The molecule has 0 aliphatic carbocycles. The van der Waals surface area contributed by atoms with Crippen LogP contribution < -0.4 is 9.62 Å². The molecular weight excluding hydrogens is 352 g/mol. The molecular formula is C16H17ClN2O4S. The highest BCUT2D eigenvalue weighted by molar-refractivity contribution is 7.92. The lowest BCUT2D eigenvalue weighted by Gasteiger charge is -2.19. The van der Waals surface area contributed by atoms with Crippen molar-refractivity contribution in [3.05, 3.63) is 53.1 Å². The number of hydrogen-bond acceptors (Lipinski definition) is 5. The predicted molar refractivity (Wildman–Crippen MR) is 94.4 cm³/mol. The molecule has 0 amide bonds. The molecule has 0 aliphatic heterocycles. The van der Waals surface area contributed by atoms with Gasteiger partial charge >= 0.3 is 5.97 Å². The zero-order valence-corrected chi connectivity index (χ0v) is 15.0. The fourth-order valence-corrected chi connectivity index (χ4v) is 3.59. The number of benzene rings is 2. The molecule has 0 spiro atoms. The summed E-state index contributed by atoms with van der Waals surface area (Å²) in [5.41, 5.74) is 0.909. The normalized spacial score (nSPS) is 11.0. The maximum atomic E-state index is 12.7. The number of nitrogens with zero attached hydrogens (tertiary/aromatic N) is 1. The van der Waals surface area contributed by atoms with Crippen LogP contribution in [0.2, 0.25) is 5.02 Å². The first kappa shape index (κ1) is 18.1. The lowest BCUT2D eigenvalue weighted by Crippen LogP contribution is -2.19. The van der Waals surface area contributed by atoms with E-state index < -0.39 is 16.0 Å². The van der Waals surface area contributed by atoms with Crippen molar-refractivity contribution < 1.29 is 17.9 Å². The van der Waals surface area contributed by atoms with E-state index >= 15 is 0 Å². The van der Waals surface area contributed by atoms with E-state index in [1.165, 1.54) is 31.4 Å². The standard InChI is InChI=1S/C16H17ClN2O4S/c1-19(2)14-9-8-11(17)10-13(14)18-24(21,22)15-7-5-4-6-12(15)16(20)23-3/h4-10,18H,1-3H3. The van der Waals surface area contributed by atoms with E-state index in [-0.39, 0.29) is 10.5 Å². The maximum Gasteiger partial charge on any atom is 0.339 e. The zero-order valence-electron chi connectivity index (χ0n) is 13.4. The summed E-state index contributed by atoms with van der Waals surface area (Å²) in [5.74, 6) is -0.727. The Labute approximate surface area is 146 Å². The molecule has 0 saturated carbocycles. The number of hydrogen-bond donors (Lipinski definition) is 1. The molecule has 2 aromatic rings. The summed E-state index contributed by atoms with van der Waals surface area (Å²) in [6.07, 6.45) is 0. The highest BCUT2D eigenvalue weighted by Gasteiger charge is 2.24. The topological polar surface area (TPSA) is 75.7 Å². The Morgan fingerprint density at radius 3 is 2.46 bits per heavy atom.